The molecule has 136 valence electrons. The van der Waals surface area contributed by atoms with Crippen LogP contribution < -0.4 is 0 Å². The Morgan fingerprint density at radius 2 is 1.54 bits per heavy atom. The summed E-state index contributed by atoms with van der Waals surface area (Å²) in [5.74, 6) is 10.4. The fourth-order valence-corrected chi connectivity index (χ4v) is 8.09. The molecule has 10 unspecified atom stereocenters. The van der Waals surface area contributed by atoms with E-state index in [0.29, 0.717) is 0 Å². The minimum absolute atomic E-state index is 0.935. The Balaban J connectivity index is 1.65. The zero-order valence-electron chi connectivity index (χ0n) is 16.4. The second kappa shape index (κ2) is 6.81. The molecule has 0 aliphatic heterocycles. The molecule has 0 bridgehead atoms. The second-order valence-corrected chi connectivity index (χ2v) is 10.0. The molecule has 0 aromatic heterocycles. The number of hydrogen-bond acceptors (Lipinski definition) is 0. The quantitative estimate of drug-likeness (QED) is 0.478. The van der Waals surface area contributed by atoms with Crippen molar-refractivity contribution in [2.24, 2.45) is 59.2 Å². The summed E-state index contributed by atoms with van der Waals surface area (Å²) in [7, 11) is 0. The Hall–Kier alpha value is -0.260. The first kappa shape index (κ1) is 17.2. The highest BCUT2D eigenvalue weighted by Crippen LogP contribution is 2.63. The number of hydrogen-bond donors (Lipinski definition) is 0. The zero-order chi connectivity index (χ0) is 16.8. The maximum absolute atomic E-state index is 4.17. The van der Waals surface area contributed by atoms with Gasteiger partial charge in [0.2, 0.25) is 0 Å². The van der Waals surface area contributed by atoms with Gasteiger partial charge in [0.05, 0.1) is 0 Å². The van der Waals surface area contributed by atoms with Crippen LogP contribution in [0.15, 0.2) is 12.7 Å². The van der Waals surface area contributed by atoms with Gasteiger partial charge in [-0.05, 0) is 104 Å². The molecular weight excluding hydrogens is 288 g/mol. The minimum Gasteiger partial charge on any atom is -0.103 e. The fourth-order valence-electron chi connectivity index (χ4n) is 8.09. The van der Waals surface area contributed by atoms with E-state index < -0.39 is 0 Å². The third-order valence-electron chi connectivity index (χ3n) is 9.57. The number of rotatable bonds is 5. The van der Waals surface area contributed by atoms with Gasteiger partial charge in [0.25, 0.3) is 0 Å². The van der Waals surface area contributed by atoms with E-state index >= 15 is 0 Å². The molecule has 0 saturated heterocycles. The first-order valence-electron chi connectivity index (χ1n) is 11.3. The van der Waals surface area contributed by atoms with Gasteiger partial charge in [-0.15, -0.1) is 6.58 Å². The van der Waals surface area contributed by atoms with E-state index in [1.807, 2.05) is 0 Å². The van der Waals surface area contributed by atoms with Crippen LogP contribution in [0, 0.1) is 59.2 Å². The lowest BCUT2D eigenvalue weighted by Gasteiger charge is -2.45. The summed E-state index contributed by atoms with van der Waals surface area (Å²) >= 11 is 0. The average Bonchev–Trinajstić information content (AvgIpc) is 2.74. The predicted molar refractivity (Wildman–Crippen MR) is 104 cm³/mol. The standard InChI is InChI=1S/C24H40/c1-5-8-19-15(4)20-11-12-21(20)16(6-2)14-23(19)24-17(7-3)13-18-9-10-22(18)24/h5,15-24H,1,6-14H2,2-4H3. The van der Waals surface area contributed by atoms with Crippen LogP contribution in [0.4, 0.5) is 0 Å². The topological polar surface area (TPSA) is 0 Å². The lowest BCUT2D eigenvalue weighted by molar-refractivity contribution is 0.0415. The SMILES string of the molecule is C=CCC1C(C)C2CCC2C(CC)CC1C1C(CC)CC2CCC21. The second-order valence-electron chi connectivity index (χ2n) is 10.0. The largest absolute Gasteiger partial charge is 0.103 e. The summed E-state index contributed by atoms with van der Waals surface area (Å²) in [6.45, 7) is 11.8. The summed E-state index contributed by atoms with van der Waals surface area (Å²) < 4.78 is 0. The van der Waals surface area contributed by atoms with E-state index in [0.717, 1.165) is 59.2 Å². The van der Waals surface area contributed by atoms with Gasteiger partial charge in [0.1, 0.15) is 0 Å². The van der Waals surface area contributed by atoms with Crippen molar-refractivity contribution in [2.75, 3.05) is 0 Å². The molecule has 0 aromatic carbocycles. The lowest BCUT2D eigenvalue weighted by Crippen LogP contribution is -2.38. The van der Waals surface area contributed by atoms with Crippen LogP contribution in [-0.2, 0) is 0 Å². The summed E-state index contributed by atoms with van der Waals surface area (Å²) in [6, 6.07) is 0. The molecule has 4 saturated carbocycles. The molecule has 0 amide bonds. The van der Waals surface area contributed by atoms with Gasteiger partial charge in [-0.25, -0.2) is 0 Å². The third-order valence-corrected chi connectivity index (χ3v) is 9.57. The van der Waals surface area contributed by atoms with Crippen LogP contribution in [0.25, 0.3) is 0 Å². The molecule has 0 radical (unpaired) electrons. The van der Waals surface area contributed by atoms with Crippen LogP contribution in [0.5, 0.6) is 0 Å². The van der Waals surface area contributed by atoms with Crippen LogP contribution in [0.1, 0.15) is 78.6 Å². The molecule has 4 aliphatic rings. The van der Waals surface area contributed by atoms with Gasteiger partial charge in [-0.1, -0.05) is 39.7 Å². The molecule has 24 heavy (non-hydrogen) atoms. The van der Waals surface area contributed by atoms with E-state index in [1.54, 1.807) is 25.7 Å². The Labute approximate surface area is 150 Å². The van der Waals surface area contributed by atoms with Crippen molar-refractivity contribution < 1.29 is 0 Å². The molecule has 0 aromatic rings. The van der Waals surface area contributed by atoms with Gasteiger partial charge >= 0.3 is 0 Å². The molecule has 0 spiro atoms. The van der Waals surface area contributed by atoms with Crippen molar-refractivity contribution in [1.82, 2.24) is 0 Å². The summed E-state index contributed by atoms with van der Waals surface area (Å²) in [6.07, 6.45) is 15.7. The smallest absolute Gasteiger partial charge is 0.0319 e. The van der Waals surface area contributed by atoms with Gasteiger partial charge in [0.15, 0.2) is 0 Å². The van der Waals surface area contributed by atoms with Crippen molar-refractivity contribution in [1.29, 1.82) is 0 Å². The van der Waals surface area contributed by atoms with Crippen molar-refractivity contribution in [2.45, 2.75) is 78.6 Å². The Morgan fingerprint density at radius 3 is 2.08 bits per heavy atom. The van der Waals surface area contributed by atoms with Gasteiger partial charge < -0.3 is 0 Å². The van der Waals surface area contributed by atoms with Crippen molar-refractivity contribution in [3.8, 4) is 0 Å². The highest BCUT2D eigenvalue weighted by molar-refractivity contribution is 5.05. The molecule has 10 atom stereocenters. The summed E-state index contributed by atoms with van der Waals surface area (Å²) in [5.41, 5.74) is 0. The van der Waals surface area contributed by atoms with Crippen LogP contribution in [0.3, 0.4) is 0 Å². The molecule has 0 heteroatoms. The molecular formula is C24H40. The first-order chi connectivity index (χ1) is 11.7. The van der Waals surface area contributed by atoms with Crippen molar-refractivity contribution >= 4 is 0 Å². The molecule has 4 rings (SSSR count). The van der Waals surface area contributed by atoms with Gasteiger partial charge in [-0.2, -0.15) is 0 Å². The van der Waals surface area contributed by atoms with E-state index in [4.69, 9.17) is 0 Å². The molecule has 4 aliphatic carbocycles. The minimum atomic E-state index is 0.935. The average molecular weight is 329 g/mol. The van der Waals surface area contributed by atoms with Crippen molar-refractivity contribution in [3.63, 3.8) is 0 Å². The number of allylic oxidation sites excluding steroid dienone is 1. The third kappa shape index (κ3) is 2.53. The van der Waals surface area contributed by atoms with E-state index in [-0.39, 0.29) is 0 Å². The van der Waals surface area contributed by atoms with Crippen LogP contribution in [0.2, 0.25) is 0 Å². The van der Waals surface area contributed by atoms with E-state index in [9.17, 15) is 0 Å². The number of fused-ring (bicyclic) bond motifs is 2. The molecule has 4 fully saturated rings. The maximum Gasteiger partial charge on any atom is -0.0319 e. The molecule has 0 heterocycles. The fraction of sp³-hybridized carbons (Fsp3) is 0.917. The molecule has 0 nitrogen and oxygen atoms in total. The van der Waals surface area contributed by atoms with E-state index in [1.165, 1.54) is 32.1 Å². The Morgan fingerprint density at radius 1 is 0.833 bits per heavy atom. The van der Waals surface area contributed by atoms with Crippen molar-refractivity contribution in [3.05, 3.63) is 12.7 Å². The van der Waals surface area contributed by atoms with Crippen LogP contribution >= 0.6 is 0 Å². The predicted octanol–water partition coefficient (Wildman–Crippen LogP) is 6.96. The van der Waals surface area contributed by atoms with Gasteiger partial charge in [0, 0.05) is 0 Å². The highest BCUT2D eigenvalue weighted by atomic mass is 14.6. The Kier molecular flexibility index (Phi) is 4.87. The van der Waals surface area contributed by atoms with E-state index in [2.05, 4.69) is 33.4 Å². The molecule has 0 N–H and O–H groups in total. The van der Waals surface area contributed by atoms with Crippen LogP contribution in [-0.4, -0.2) is 0 Å². The summed E-state index contributed by atoms with van der Waals surface area (Å²) in [5, 5.41) is 0. The Bertz CT molecular complexity index is 451. The normalized spacial score (nSPS) is 53.3. The lowest BCUT2D eigenvalue weighted by atomic mass is 9.60. The monoisotopic (exact) mass is 328 g/mol. The maximum atomic E-state index is 4.17. The first-order valence-corrected chi connectivity index (χ1v) is 11.3. The summed E-state index contributed by atoms with van der Waals surface area (Å²) in [4.78, 5) is 0. The zero-order valence-corrected chi connectivity index (χ0v) is 16.4. The highest BCUT2D eigenvalue weighted by Gasteiger charge is 2.55. The van der Waals surface area contributed by atoms with Gasteiger partial charge in [-0.3, -0.25) is 0 Å².